The maximum atomic E-state index is 11.7. The molecule has 0 aliphatic rings. The van der Waals surface area contributed by atoms with Crippen molar-refractivity contribution in [2.75, 3.05) is 13.2 Å². The van der Waals surface area contributed by atoms with E-state index in [9.17, 15) is 4.79 Å². The molecule has 2 rings (SSSR count). The molecule has 1 heterocycles. The van der Waals surface area contributed by atoms with Crippen molar-refractivity contribution in [3.8, 4) is 11.5 Å². The van der Waals surface area contributed by atoms with Crippen LogP contribution in [0.15, 0.2) is 34.3 Å². The van der Waals surface area contributed by atoms with Gasteiger partial charge in [-0.25, -0.2) is 0 Å². The van der Waals surface area contributed by atoms with Crippen molar-refractivity contribution in [3.63, 3.8) is 0 Å². The van der Waals surface area contributed by atoms with Gasteiger partial charge in [0.15, 0.2) is 11.5 Å². The third-order valence-electron chi connectivity index (χ3n) is 3.33. The molecule has 0 bridgehead atoms. The minimum Gasteiger partial charge on any atom is -0.490 e. The van der Waals surface area contributed by atoms with Crippen molar-refractivity contribution < 1.29 is 9.47 Å². The largest absolute Gasteiger partial charge is 0.490 e. The smallest absolute Gasteiger partial charge is 0.293 e. The lowest BCUT2D eigenvalue weighted by Crippen LogP contribution is -2.18. The standard InChI is InChI=1S/C17H22N4O3S/c1-3-5-6-9-24-14-8-7-13(10-15(14)23-4-2)11-19-21-16(22)12-18-20-17(21)25/h7-8,10-12H,3-6,9H2,1-2H3,(H,20,25)/b19-11-. The van der Waals surface area contributed by atoms with Gasteiger partial charge in [-0.2, -0.15) is 14.9 Å². The van der Waals surface area contributed by atoms with Crippen molar-refractivity contribution in [3.05, 3.63) is 45.1 Å². The van der Waals surface area contributed by atoms with Gasteiger partial charge < -0.3 is 9.47 Å². The van der Waals surface area contributed by atoms with Gasteiger partial charge in [0.25, 0.3) is 5.56 Å². The Morgan fingerprint density at radius 2 is 2.12 bits per heavy atom. The third kappa shape index (κ3) is 5.53. The van der Waals surface area contributed by atoms with E-state index in [0.29, 0.717) is 24.7 Å². The number of unbranched alkanes of at least 4 members (excludes halogenated alkanes) is 2. The molecule has 0 unspecified atom stereocenters. The summed E-state index contributed by atoms with van der Waals surface area (Å²) < 4.78 is 12.6. The van der Waals surface area contributed by atoms with Crippen LogP contribution in [0, 0.1) is 4.77 Å². The molecular formula is C17H22N4O3S. The predicted molar refractivity (Wildman–Crippen MR) is 99.3 cm³/mol. The van der Waals surface area contributed by atoms with E-state index in [0.717, 1.165) is 35.7 Å². The molecule has 8 heteroatoms. The van der Waals surface area contributed by atoms with Crippen molar-refractivity contribution in [1.29, 1.82) is 0 Å². The van der Waals surface area contributed by atoms with Gasteiger partial charge in [0.05, 0.1) is 19.4 Å². The summed E-state index contributed by atoms with van der Waals surface area (Å²) in [4.78, 5) is 11.7. The summed E-state index contributed by atoms with van der Waals surface area (Å²) in [5, 5.41) is 10.2. The summed E-state index contributed by atoms with van der Waals surface area (Å²) >= 11 is 5.00. The van der Waals surface area contributed by atoms with Crippen molar-refractivity contribution >= 4 is 18.4 Å². The van der Waals surface area contributed by atoms with E-state index in [1.54, 1.807) is 0 Å². The quantitative estimate of drug-likeness (QED) is 0.421. The van der Waals surface area contributed by atoms with Gasteiger partial charge in [-0.3, -0.25) is 9.89 Å². The number of benzene rings is 1. The van der Waals surface area contributed by atoms with E-state index in [-0.39, 0.29) is 4.77 Å². The van der Waals surface area contributed by atoms with E-state index in [1.165, 1.54) is 6.21 Å². The lowest BCUT2D eigenvalue weighted by Gasteiger charge is -2.12. The van der Waals surface area contributed by atoms with Crippen LogP contribution in [0.5, 0.6) is 11.5 Å². The van der Waals surface area contributed by atoms with E-state index >= 15 is 0 Å². The van der Waals surface area contributed by atoms with Crippen molar-refractivity contribution in [1.82, 2.24) is 14.9 Å². The third-order valence-corrected chi connectivity index (χ3v) is 3.60. The van der Waals surface area contributed by atoms with Gasteiger partial charge in [-0.1, -0.05) is 19.8 Å². The summed E-state index contributed by atoms with van der Waals surface area (Å²) in [5.41, 5.74) is 0.364. The van der Waals surface area contributed by atoms with Crippen molar-refractivity contribution in [2.24, 2.45) is 5.10 Å². The summed E-state index contributed by atoms with van der Waals surface area (Å²) in [6.45, 7) is 5.25. The molecule has 0 aliphatic carbocycles. The minimum atomic E-state index is -0.402. The van der Waals surface area contributed by atoms with E-state index < -0.39 is 5.56 Å². The highest BCUT2D eigenvalue weighted by atomic mass is 32.1. The zero-order chi connectivity index (χ0) is 18.1. The molecule has 134 valence electrons. The summed E-state index contributed by atoms with van der Waals surface area (Å²) in [6, 6.07) is 5.51. The normalized spacial score (nSPS) is 11.0. The first-order chi connectivity index (χ1) is 12.2. The maximum Gasteiger partial charge on any atom is 0.293 e. The zero-order valence-electron chi connectivity index (χ0n) is 14.4. The van der Waals surface area contributed by atoms with Crippen LogP contribution in [0.25, 0.3) is 0 Å². The summed E-state index contributed by atoms with van der Waals surface area (Å²) in [5.74, 6) is 1.35. The Kier molecular flexibility index (Phi) is 7.34. The van der Waals surface area contributed by atoms with Gasteiger partial charge in [-0.15, -0.1) is 0 Å². The van der Waals surface area contributed by atoms with Crippen LogP contribution < -0.4 is 15.0 Å². The number of ether oxygens (including phenoxy) is 2. The van der Waals surface area contributed by atoms with E-state index in [4.69, 9.17) is 21.7 Å². The highest BCUT2D eigenvalue weighted by molar-refractivity contribution is 7.71. The molecule has 0 saturated carbocycles. The number of aromatic amines is 1. The Hall–Kier alpha value is -2.48. The first kappa shape index (κ1) is 18.9. The molecule has 1 N–H and O–H groups in total. The number of hydrogen-bond donors (Lipinski definition) is 1. The molecule has 0 spiro atoms. The highest BCUT2D eigenvalue weighted by Crippen LogP contribution is 2.28. The second-order valence-electron chi connectivity index (χ2n) is 5.26. The maximum absolute atomic E-state index is 11.7. The molecule has 0 fully saturated rings. The second kappa shape index (κ2) is 9.73. The molecule has 1 aromatic carbocycles. The lowest BCUT2D eigenvalue weighted by atomic mass is 10.2. The van der Waals surface area contributed by atoms with Crippen LogP contribution in [-0.2, 0) is 0 Å². The molecule has 7 nitrogen and oxygen atoms in total. The van der Waals surface area contributed by atoms with Crippen LogP contribution in [0.2, 0.25) is 0 Å². The van der Waals surface area contributed by atoms with Crippen molar-refractivity contribution in [2.45, 2.75) is 33.1 Å². The fourth-order valence-corrected chi connectivity index (χ4v) is 2.30. The molecule has 2 aromatic rings. The van der Waals surface area contributed by atoms with E-state index in [1.807, 2.05) is 25.1 Å². The monoisotopic (exact) mass is 362 g/mol. The second-order valence-corrected chi connectivity index (χ2v) is 5.65. The molecule has 0 aliphatic heterocycles. The lowest BCUT2D eigenvalue weighted by molar-refractivity contribution is 0.271. The topological polar surface area (TPSA) is 81.5 Å². The Balaban J connectivity index is 2.19. The average molecular weight is 362 g/mol. The van der Waals surface area contributed by atoms with Crippen LogP contribution in [0.4, 0.5) is 0 Å². The average Bonchev–Trinajstić information content (AvgIpc) is 2.60. The number of nitrogens with zero attached hydrogens (tertiary/aromatic N) is 3. The van der Waals surface area contributed by atoms with Gasteiger partial charge in [0.1, 0.15) is 6.20 Å². The number of hydrogen-bond acceptors (Lipinski definition) is 6. The first-order valence-corrected chi connectivity index (χ1v) is 8.67. The molecule has 0 radical (unpaired) electrons. The van der Waals surface area contributed by atoms with Gasteiger partial charge in [0.2, 0.25) is 4.77 Å². The first-order valence-electron chi connectivity index (χ1n) is 8.26. The fourth-order valence-electron chi connectivity index (χ4n) is 2.11. The molecule has 0 atom stereocenters. The SMILES string of the molecule is CCCCCOc1ccc(/C=N\n2c(=O)cn[nH]c2=S)cc1OCC. The molecule has 0 amide bonds. The Morgan fingerprint density at radius 1 is 1.28 bits per heavy atom. The molecule has 0 saturated heterocycles. The highest BCUT2D eigenvalue weighted by Gasteiger charge is 2.06. The van der Waals surface area contributed by atoms with Crippen LogP contribution in [0.1, 0.15) is 38.7 Å². The van der Waals surface area contributed by atoms with Crippen LogP contribution in [0.3, 0.4) is 0 Å². The number of rotatable bonds is 9. The predicted octanol–water partition coefficient (Wildman–Crippen LogP) is 3.15. The number of nitrogens with one attached hydrogen (secondary N) is 1. The van der Waals surface area contributed by atoms with Crippen LogP contribution in [-0.4, -0.2) is 34.3 Å². The Labute approximate surface area is 151 Å². The minimum absolute atomic E-state index is 0.129. The number of aromatic nitrogens is 3. The van der Waals surface area contributed by atoms with Crippen LogP contribution >= 0.6 is 12.2 Å². The Bertz CT molecular complexity index is 801. The molecular weight excluding hydrogens is 340 g/mol. The number of H-pyrrole nitrogens is 1. The zero-order valence-corrected chi connectivity index (χ0v) is 15.2. The molecule has 1 aromatic heterocycles. The fraction of sp³-hybridized carbons (Fsp3) is 0.412. The summed E-state index contributed by atoms with van der Waals surface area (Å²) in [7, 11) is 0. The van der Waals surface area contributed by atoms with Gasteiger partial charge in [0, 0.05) is 0 Å². The van der Waals surface area contributed by atoms with E-state index in [2.05, 4.69) is 22.2 Å². The van der Waals surface area contributed by atoms with Gasteiger partial charge in [-0.05, 0) is 49.3 Å². The molecule has 25 heavy (non-hydrogen) atoms. The van der Waals surface area contributed by atoms with Gasteiger partial charge >= 0.3 is 0 Å². The summed E-state index contributed by atoms with van der Waals surface area (Å²) in [6.07, 6.45) is 5.94. The Morgan fingerprint density at radius 3 is 2.84 bits per heavy atom.